The van der Waals surface area contributed by atoms with Crippen LogP contribution >= 0.6 is 0 Å². The van der Waals surface area contributed by atoms with E-state index in [0.717, 1.165) is 31.6 Å². The molecule has 4 heterocycles. The highest BCUT2D eigenvalue weighted by molar-refractivity contribution is 5.79. The number of aliphatic hydroxyl groups is 1. The summed E-state index contributed by atoms with van der Waals surface area (Å²) in [7, 11) is 3.91. The minimum Gasteiger partial charge on any atom is -0.422 e. The van der Waals surface area contributed by atoms with Crippen LogP contribution in [-0.4, -0.2) is 83.2 Å². The maximum Gasteiger partial charge on any atom is 0.299 e. The van der Waals surface area contributed by atoms with Crippen molar-refractivity contribution in [3.8, 4) is 0 Å². The van der Waals surface area contributed by atoms with Crippen molar-refractivity contribution in [2.75, 3.05) is 45.2 Å². The van der Waals surface area contributed by atoms with E-state index in [1.54, 1.807) is 0 Å². The summed E-state index contributed by atoms with van der Waals surface area (Å²) in [6, 6.07) is 4.41. The zero-order chi connectivity index (χ0) is 19.8. The molecule has 0 radical (unpaired) electrons. The van der Waals surface area contributed by atoms with Gasteiger partial charge in [0, 0.05) is 37.8 Å². The lowest BCUT2D eigenvalue weighted by Gasteiger charge is -2.41. The molecule has 0 saturated carbocycles. The SMILES string of the molecule is Cc1ccc2oc(N3CCC(C(=O)N4CC[C@H](O)[C@@H](N(C)C)C4)CC3)nc2n1. The molecular weight excluding hydrogens is 358 g/mol. The van der Waals surface area contributed by atoms with Crippen LogP contribution in [0.1, 0.15) is 25.0 Å². The highest BCUT2D eigenvalue weighted by Crippen LogP contribution is 2.28. The van der Waals surface area contributed by atoms with Crippen LogP contribution in [0.3, 0.4) is 0 Å². The molecule has 8 heteroatoms. The topological polar surface area (TPSA) is 85.9 Å². The Kier molecular flexibility index (Phi) is 5.25. The number of carbonyl (C=O) groups excluding carboxylic acids is 1. The third kappa shape index (κ3) is 3.71. The summed E-state index contributed by atoms with van der Waals surface area (Å²) in [4.78, 5) is 28.0. The highest BCUT2D eigenvalue weighted by Gasteiger charge is 2.35. The molecule has 2 aromatic rings. The lowest BCUT2D eigenvalue weighted by atomic mass is 9.93. The number of piperidine rings is 2. The number of carbonyl (C=O) groups is 1. The zero-order valence-electron chi connectivity index (χ0n) is 16.8. The van der Waals surface area contributed by atoms with Crippen molar-refractivity contribution in [3.05, 3.63) is 17.8 Å². The van der Waals surface area contributed by atoms with Gasteiger partial charge in [-0.2, -0.15) is 4.98 Å². The first-order valence-electron chi connectivity index (χ1n) is 10.0. The number of aliphatic hydroxyl groups excluding tert-OH is 1. The summed E-state index contributed by atoms with van der Waals surface area (Å²) < 4.78 is 5.85. The minimum absolute atomic E-state index is 0.00787. The second-order valence-electron chi connectivity index (χ2n) is 8.20. The van der Waals surface area contributed by atoms with Crippen LogP contribution in [0.5, 0.6) is 0 Å². The average molecular weight is 387 g/mol. The molecule has 28 heavy (non-hydrogen) atoms. The maximum absolute atomic E-state index is 13.0. The molecule has 0 aromatic carbocycles. The third-order valence-electron chi connectivity index (χ3n) is 6.02. The van der Waals surface area contributed by atoms with Crippen molar-refractivity contribution < 1.29 is 14.3 Å². The number of likely N-dealkylation sites (N-methyl/N-ethyl adjacent to an activating group) is 1. The fourth-order valence-corrected chi connectivity index (χ4v) is 4.24. The molecule has 2 fully saturated rings. The van der Waals surface area contributed by atoms with Crippen LogP contribution in [0.4, 0.5) is 6.01 Å². The molecule has 0 aliphatic carbocycles. The molecule has 1 amide bonds. The molecular formula is C20H29N5O3. The summed E-state index contributed by atoms with van der Waals surface area (Å²) in [5.41, 5.74) is 2.24. The Bertz CT molecular complexity index is 843. The van der Waals surface area contributed by atoms with Gasteiger partial charge in [0.05, 0.1) is 12.1 Å². The fourth-order valence-electron chi connectivity index (χ4n) is 4.24. The smallest absolute Gasteiger partial charge is 0.299 e. The molecule has 2 aromatic heterocycles. The van der Waals surface area contributed by atoms with Gasteiger partial charge in [-0.1, -0.05) is 0 Å². The van der Waals surface area contributed by atoms with Crippen molar-refractivity contribution in [1.82, 2.24) is 19.8 Å². The first-order chi connectivity index (χ1) is 13.4. The van der Waals surface area contributed by atoms with Crippen LogP contribution in [-0.2, 0) is 4.79 Å². The van der Waals surface area contributed by atoms with Gasteiger partial charge in [-0.3, -0.25) is 4.79 Å². The Morgan fingerprint density at radius 2 is 1.93 bits per heavy atom. The molecule has 2 aliphatic heterocycles. The molecule has 2 saturated heterocycles. The number of aromatic nitrogens is 2. The predicted octanol–water partition coefficient (Wildman–Crippen LogP) is 1.27. The van der Waals surface area contributed by atoms with Gasteiger partial charge in [-0.25, -0.2) is 4.98 Å². The number of rotatable bonds is 3. The monoisotopic (exact) mass is 387 g/mol. The molecule has 4 rings (SSSR count). The van der Waals surface area contributed by atoms with Gasteiger partial charge >= 0.3 is 0 Å². The fraction of sp³-hybridized carbons (Fsp3) is 0.650. The zero-order valence-corrected chi connectivity index (χ0v) is 16.8. The number of amides is 1. The van der Waals surface area contributed by atoms with Crippen LogP contribution in [0.15, 0.2) is 16.5 Å². The summed E-state index contributed by atoms with van der Waals surface area (Å²) in [5.74, 6) is 0.243. The van der Waals surface area contributed by atoms with Gasteiger partial charge < -0.3 is 24.2 Å². The Morgan fingerprint density at radius 1 is 1.18 bits per heavy atom. The van der Waals surface area contributed by atoms with Crippen LogP contribution in [0, 0.1) is 12.8 Å². The van der Waals surface area contributed by atoms with E-state index in [1.807, 2.05) is 43.0 Å². The second kappa shape index (κ2) is 7.67. The number of anilines is 1. The number of oxazole rings is 1. The molecule has 152 valence electrons. The number of nitrogens with zero attached hydrogens (tertiary/aromatic N) is 5. The Hall–Kier alpha value is -2.19. The minimum atomic E-state index is -0.364. The van der Waals surface area contributed by atoms with Gasteiger partial charge in [0.15, 0.2) is 5.58 Å². The highest BCUT2D eigenvalue weighted by atomic mass is 16.4. The van der Waals surface area contributed by atoms with E-state index in [4.69, 9.17) is 4.42 Å². The number of pyridine rings is 1. The molecule has 0 bridgehead atoms. The number of aryl methyl sites for hydroxylation is 1. The molecule has 2 aliphatic rings. The Labute approximate surface area is 165 Å². The lowest BCUT2D eigenvalue weighted by Crippen LogP contribution is -2.56. The number of fused-ring (bicyclic) bond motifs is 1. The van der Waals surface area contributed by atoms with Crippen LogP contribution < -0.4 is 4.90 Å². The molecule has 1 N–H and O–H groups in total. The largest absolute Gasteiger partial charge is 0.422 e. The van der Waals surface area contributed by atoms with E-state index in [2.05, 4.69) is 14.9 Å². The standard InChI is InChI=1S/C20H29N5O3/c1-13-4-5-17-18(21-13)22-20(28-17)24-9-6-14(7-10-24)19(27)25-11-8-16(26)15(12-25)23(2)3/h4-5,14-16,26H,6-12H2,1-3H3/t15-,16-/m0/s1. The first-order valence-corrected chi connectivity index (χ1v) is 10.0. The van der Waals surface area contributed by atoms with E-state index < -0.39 is 0 Å². The number of hydrogen-bond acceptors (Lipinski definition) is 7. The van der Waals surface area contributed by atoms with E-state index >= 15 is 0 Å². The number of hydrogen-bond donors (Lipinski definition) is 1. The first kappa shape index (κ1) is 19.1. The summed E-state index contributed by atoms with van der Waals surface area (Å²) in [6.45, 7) is 4.67. The molecule has 0 spiro atoms. The van der Waals surface area contributed by atoms with Crippen molar-refractivity contribution in [2.45, 2.75) is 38.3 Å². The van der Waals surface area contributed by atoms with E-state index in [0.29, 0.717) is 36.8 Å². The van der Waals surface area contributed by atoms with Crippen molar-refractivity contribution >= 4 is 23.2 Å². The van der Waals surface area contributed by atoms with Crippen LogP contribution in [0.25, 0.3) is 11.2 Å². The van der Waals surface area contributed by atoms with Crippen LogP contribution in [0.2, 0.25) is 0 Å². The van der Waals surface area contributed by atoms with Gasteiger partial charge in [-0.05, 0) is 52.4 Å². The molecule has 0 unspecified atom stereocenters. The van der Waals surface area contributed by atoms with Gasteiger partial charge in [0.1, 0.15) is 0 Å². The normalized spacial score (nSPS) is 24.3. The average Bonchev–Trinajstić information content (AvgIpc) is 3.11. The maximum atomic E-state index is 13.0. The molecule has 2 atom stereocenters. The van der Waals surface area contributed by atoms with Crippen molar-refractivity contribution in [2.24, 2.45) is 5.92 Å². The Balaban J connectivity index is 1.37. The quantitative estimate of drug-likeness (QED) is 0.849. The second-order valence-corrected chi connectivity index (χ2v) is 8.20. The predicted molar refractivity (Wildman–Crippen MR) is 106 cm³/mol. The lowest BCUT2D eigenvalue weighted by molar-refractivity contribution is -0.140. The summed E-state index contributed by atoms with van der Waals surface area (Å²) in [5, 5.41) is 10.2. The third-order valence-corrected chi connectivity index (χ3v) is 6.02. The van der Waals surface area contributed by atoms with Gasteiger partial charge in [0.2, 0.25) is 11.6 Å². The van der Waals surface area contributed by atoms with E-state index in [9.17, 15) is 9.90 Å². The van der Waals surface area contributed by atoms with Crippen molar-refractivity contribution in [1.29, 1.82) is 0 Å². The van der Waals surface area contributed by atoms with Gasteiger partial charge in [-0.15, -0.1) is 0 Å². The Morgan fingerprint density at radius 3 is 2.64 bits per heavy atom. The van der Waals surface area contributed by atoms with Gasteiger partial charge in [0.25, 0.3) is 6.01 Å². The van der Waals surface area contributed by atoms with Crippen molar-refractivity contribution in [3.63, 3.8) is 0 Å². The summed E-state index contributed by atoms with van der Waals surface area (Å²) in [6.07, 6.45) is 1.85. The van der Waals surface area contributed by atoms with E-state index in [1.165, 1.54) is 0 Å². The molecule has 8 nitrogen and oxygen atoms in total. The number of likely N-dealkylation sites (tertiary alicyclic amines) is 1. The van der Waals surface area contributed by atoms with E-state index in [-0.39, 0.29) is 24.0 Å². The summed E-state index contributed by atoms with van der Waals surface area (Å²) >= 11 is 0.